The maximum atomic E-state index is 12.3. The molecule has 2 aromatic carbocycles. The fraction of sp³-hybridized carbons (Fsp3) is 0. The molecular weight excluding hydrogens is 544 g/mol. The quantitative estimate of drug-likeness (QED) is 0.433. The summed E-state index contributed by atoms with van der Waals surface area (Å²) in [6.07, 6.45) is 0. The number of nitrogens with one attached hydrogen (secondary N) is 1. The number of benzene rings is 2. The van der Waals surface area contributed by atoms with E-state index in [0.717, 1.165) is 8.04 Å². The Hall–Kier alpha value is 0.180. The van der Waals surface area contributed by atoms with Crippen molar-refractivity contribution in [3.05, 3.63) is 58.5 Å². The summed E-state index contributed by atoms with van der Waals surface area (Å²) in [6, 6.07) is 8.85. The van der Waals surface area contributed by atoms with Gasteiger partial charge in [0.2, 0.25) is 0 Å². The van der Waals surface area contributed by atoms with Crippen LogP contribution < -0.4 is 5.32 Å². The van der Waals surface area contributed by atoms with Crippen LogP contribution in [-0.4, -0.2) is 5.91 Å². The van der Waals surface area contributed by atoms with E-state index in [9.17, 15) is 4.79 Å². The Morgan fingerprint density at radius 1 is 1.10 bits per heavy atom. The second-order valence-corrected chi connectivity index (χ2v) is 7.65. The topological polar surface area (TPSA) is 29.1 Å². The first-order valence-electron chi connectivity index (χ1n) is 5.29. The summed E-state index contributed by atoms with van der Waals surface area (Å²) in [4.78, 5) is 12.3. The molecule has 0 aliphatic carbocycles. The van der Waals surface area contributed by atoms with E-state index in [1.807, 2.05) is 12.1 Å². The molecule has 2 aromatic rings. The third-order valence-corrected chi connectivity index (χ3v) is 4.83. The lowest BCUT2D eigenvalue weighted by Crippen LogP contribution is -2.13. The Morgan fingerprint density at radius 2 is 1.70 bits per heavy atom. The van der Waals surface area contributed by atoms with Crippen LogP contribution >= 0.6 is 77.7 Å². The van der Waals surface area contributed by atoms with Crippen LogP contribution in [0.25, 0.3) is 0 Å². The highest BCUT2D eigenvalue weighted by atomic mass is 127. The molecule has 2 rings (SSSR count). The van der Waals surface area contributed by atoms with Gasteiger partial charge < -0.3 is 5.32 Å². The smallest absolute Gasteiger partial charge is 0.256 e. The number of hydrogen-bond acceptors (Lipinski definition) is 1. The van der Waals surface area contributed by atoms with Gasteiger partial charge in [-0.3, -0.25) is 4.79 Å². The zero-order chi connectivity index (χ0) is 14.9. The SMILES string of the molecule is O=C(Nc1c(Cl)cc(Br)cc1Cl)c1cc(I)ccc1Br. The number of anilines is 1. The minimum atomic E-state index is -0.276. The van der Waals surface area contributed by atoms with Gasteiger partial charge in [-0.1, -0.05) is 39.1 Å². The summed E-state index contributed by atoms with van der Waals surface area (Å²) in [6.45, 7) is 0. The van der Waals surface area contributed by atoms with E-state index in [0.29, 0.717) is 25.8 Å². The molecule has 0 aromatic heterocycles. The van der Waals surface area contributed by atoms with Crippen LogP contribution in [0, 0.1) is 3.57 Å². The average molecular weight is 550 g/mol. The highest BCUT2D eigenvalue weighted by Crippen LogP contribution is 2.34. The van der Waals surface area contributed by atoms with Crippen LogP contribution in [0.2, 0.25) is 10.0 Å². The standard InChI is InChI=1S/C13H6Br2Cl2INO/c14-6-3-10(16)12(11(17)4-6)19-13(20)8-5-7(18)1-2-9(8)15/h1-5H,(H,19,20). The monoisotopic (exact) mass is 547 g/mol. The number of halogens is 5. The van der Waals surface area contributed by atoms with Crippen LogP contribution in [0.1, 0.15) is 10.4 Å². The fourth-order valence-electron chi connectivity index (χ4n) is 1.51. The molecule has 1 N–H and O–H groups in total. The molecule has 1 amide bonds. The van der Waals surface area contributed by atoms with Gasteiger partial charge in [-0.25, -0.2) is 0 Å². The lowest BCUT2D eigenvalue weighted by molar-refractivity contribution is 0.102. The van der Waals surface area contributed by atoms with Gasteiger partial charge in [0.1, 0.15) is 0 Å². The van der Waals surface area contributed by atoms with Gasteiger partial charge in [0.25, 0.3) is 5.91 Å². The van der Waals surface area contributed by atoms with Gasteiger partial charge >= 0.3 is 0 Å². The van der Waals surface area contributed by atoms with Crippen LogP contribution in [0.3, 0.4) is 0 Å². The predicted molar refractivity (Wildman–Crippen MR) is 99.0 cm³/mol. The first-order valence-corrected chi connectivity index (χ1v) is 8.71. The zero-order valence-corrected chi connectivity index (χ0v) is 16.5. The summed E-state index contributed by atoms with van der Waals surface area (Å²) in [5.74, 6) is -0.276. The lowest BCUT2D eigenvalue weighted by atomic mass is 10.2. The molecule has 0 aliphatic heterocycles. The number of carbonyl (C=O) groups excluding carboxylic acids is 1. The van der Waals surface area contributed by atoms with Crippen molar-refractivity contribution < 1.29 is 4.79 Å². The molecule has 0 bridgehead atoms. The Bertz CT molecular complexity index is 671. The Morgan fingerprint density at radius 3 is 2.30 bits per heavy atom. The molecule has 104 valence electrons. The van der Waals surface area contributed by atoms with Gasteiger partial charge in [-0.15, -0.1) is 0 Å². The van der Waals surface area contributed by atoms with E-state index in [1.165, 1.54) is 0 Å². The number of carbonyl (C=O) groups is 1. The van der Waals surface area contributed by atoms with Crippen molar-refractivity contribution in [3.8, 4) is 0 Å². The average Bonchev–Trinajstić information content (AvgIpc) is 2.36. The molecule has 0 fully saturated rings. The third kappa shape index (κ3) is 3.88. The first-order chi connectivity index (χ1) is 9.38. The zero-order valence-electron chi connectivity index (χ0n) is 9.68. The molecule has 0 saturated heterocycles. The summed E-state index contributed by atoms with van der Waals surface area (Å²) in [5, 5.41) is 3.48. The Labute approximate surface area is 156 Å². The van der Waals surface area contributed by atoms with Crippen molar-refractivity contribution in [1.82, 2.24) is 0 Å². The van der Waals surface area contributed by atoms with Gasteiger partial charge in [-0.05, 0) is 68.9 Å². The molecular formula is C13H6Br2Cl2INO. The predicted octanol–water partition coefficient (Wildman–Crippen LogP) is 6.38. The molecule has 0 saturated carbocycles. The van der Waals surface area contributed by atoms with Gasteiger partial charge in [-0.2, -0.15) is 0 Å². The van der Waals surface area contributed by atoms with Gasteiger partial charge in [0.15, 0.2) is 0 Å². The number of hydrogen-bond donors (Lipinski definition) is 1. The van der Waals surface area contributed by atoms with Crippen LogP contribution in [0.15, 0.2) is 39.3 Å². The molecule has 0 unspecified atom stereocenters. The summed E-state index contributed by atoms with van der Waals surface area (Å²) < 4.78 is 2.42. The highest BCUT2D eigenvalue weighted by Gasteiger charge is 2.15. The Kier molecular flexibility index (Phi) is 5.76. The molecule has 0 radical (unpaired) electrons. The van der Waals surface area contributed by atoms with Crippen LogP contribution in [0.5, 0.6) is 0 Å². The third-order valence-electron chi connectivity index (χ3n) is 2.42. The highest BCUT2D eigenvalue weighted by molar-refractivity contribution is 14.1. The molecule has 20 heavy (non-hydrogen) atoms. The summed E-state index contributed by atoms with van der Waals surface area (Å²) in [7, 11) is 0. The molecule has 0 heterocycles. The second kappa shape index (κ2) is 6.96. The first kappa shape index (κ1) is 16.5. The largest absolute Gasteiger partial charge is 0.319 e. The molecule has 0 aliphatic rings. The van der Waals surface area contributed by atoms with Crippen molar-refractivity contribution in [2.75, 3.05) is 5.32 Å². The maximum Gasteiger partial charge on any atom is 0.256 e. The van der Waals surface area contributed by atoms with Crippen molar-refractivity contribution >= 4 is 89.2 Å². The minimum Gasteiger partial charge on any atom is -0.319 e. The van der Waals surface area contributed by atoms with E-state index in [2.05, 4.69) is 59.8 Å². The van der Waals surface area contributed by atoms with Gasteiger partial charge in [0.05, 0.1) is 21.3 Å². The minimum absolute atomic E-state index is 0.276. The van der Waals surface area contributed by atoms with Crippen molar-refractivity contribution in [1.29, 1.82) is 0 Å². The van der Waals surface area contributed by atoms with Crippen LogP contribution in [-0.2, 0) is 0 Å². The second-order valence-electron chi connectivity index (χ2n) is 3.82. The van der Waals surface area contributed by atoms with E-state index >= 15 is 0 Å². The molecule has 0 spiro atoms. The van der Waals surface area contributed by atoms with Crippen molar-refractivity contribution in [3.63, 3.8) is 0 Å². The van der Waals surface area contributed by atoms with E-state index in [4.69, 9.17) is 23.2 Å². The van der Waals surface area contributed by atoms with Crippen molar-refractivity contribution in [2.45, 2.75) is 0 Å². The fourth-order valence-corrected chi connectivity index (χ4v) is 3.73. The molecule has 2 nitrogen and oxygen atoms in total. The number of amides is 1. The lowest BCUT2D eigenvalue weighted by Gasteiger charge is -2.11. The molecule has 7 heteroatoms. The van der Waals surface area contributed by atoms with E-state index < -0.39 is 0 Å². The van der Waals surface area contributed by atoms with E-state index in [1.54, 1.807) is 18.2 Å². The van der Waals surface area contributed by atoms with Gasteiger partial charge in [0, 0.05) is 12.5 Å². The van der Waals surface area contributed by atoms with Crippen molar-refractivity contribution in [2.24, 2.45) is 0 Å². The van der Waals surface area contributed by atoms with E-state index in [-0.39, 0.29) is 5.91 Å². The van der Waals surface area contributed by atoms with Crippen LogP contribution in [0.4, 0.5) is 5.69 Å². The summed E-state index contributed by atoms with van der Waals surface area (Å²) in [5.41, 5.74) is 0.916. The maximum absolute atomic E-state index is 12.3. The normalized spacial score (nSPS) is 10.4. The number of rotatable bonds is 2. The Balaban J connectivity index is 2.35. The molecule has 0 atom stereocenters. The summed E-state index contributed by atoms with van der Waals surface area (Å²) >= 11 is 21.0.